The van der Waals surface area contributed by atoms with Crippen LogP contribution >= 0.6 is 17.2 Å². The Hall–Kier alpha value is -0.542. The van der Waals surface area contributed by atoms with E-state index < -0.39 is 6.09 Å². The number of ether oxygens (including phenoxy) is 2. The Morgan fingerprint density at radius 3 is 2.05 bits per heavy atom. The van der Waals surface area contributed by atoms with Crippen molar-refractivity contribution in [2.75, 3.05) is 27.3 Å². The van der Waals surface area contributed by atoms with Crippen LogP contribution in [0.25, 0.3) is 0 Å². The van der Waals surface area contributed by atoms with Crippen LogP contribution in [0.1, 0.15) is 0 Å². The van der Waals surface area contributed by atoms with Gasteiger partial charge < -0.3 is 28.1 Å². The fourth-order valence-electron chi connectivity index (χ4n) is 0.703. The van der Waals surface area contributed by atoms with Crippen LogP contribution in [0, 0.1) is 13.3 Å². The van der Waals surface area contributed by atoms with E-state index >= 15 is 0 Å². The molecule has 2 unspecified atom stereocenters. The van der Waals surface area contributed by atoms with Crippen LogP contribution in [0.2, 0.25) is 0 Å². The first-order chi connectivity index (χ1) is 9.81. The summed E-state index contributed by atoms with van der Waals surface area (Å²) in [6, 6.07) is 0. The van der Waals surface area contributed by atoms with Gasteiger partial charge in [-0.25, -0.2) is 27.8 Å². The van der Waals surface area contributed by atoms with Gasteiger partial charge in [-0.3, -0.25) is 14.6 Å². The first-order valence-corrected chi connectivity index (χ1v) is 7.92. The number of nitrogens with zero attached hydrogens (tertiary/aromatic N) is 1. The predicted molar refractivity (Wildman–Crippen MR) is 84.8 cm³/mol. The summed E-state index contributed by atoms with van der Waals surface area (Å²) < 4.78 is 8.92. The molecule has 0 saturated carbocycles. The molecular weight excluding hydrogens is 500 g/mol. The largest absolute Gasteiger partial charge is 2.00 e. The van der Waals surface area contributed by atoms with Crippen LogP contribution in [0.5, 0.6) is 0 Å². The summed E-state index contributed by atoms with van der Waals surface area (Å²) in [6.07, 6.45) is -0.591. The second-order valence-corrected chi connectivity index (χ2v) is 5.09. The number of amides is 1. The number of alkyl carbamates (subject to hydrolysis) is 1. The molecule has 0 aromatic heterocycles. The maximum atomic E-state index is 10.8. The topological polar surface area (TPSA) is 111 Å². The first-order valence-electron chi connectivity index (χ1n) is 5.51. The molecule has 22 heavy (non-hydrogen) atoms. The van der Waals surface area contributed by atoms with E-state index in [1.54, 1.807) is 0 Å². The minimum Gasteiger partial charge on any atom is -0.482 e. The van der Waals surface area contributed by atoms with Crippen molar-refractivity contribution in [3.8, 4) is 0 Å². The second-order valence-electron chi connectivity index (χ2n) is 3.27. The van der Waals surface area contributed by atoms with E-state index in [1.165, 1.54) is 14.2 Å². The molecule has 0 fully saturated rings. The average Bonchev–Trinajstić information content (AvgIpc) is 2.51. The van der Waals surface area contributed by atoms with Crippen molar-refractivity contribution >= 4 is 34.3 Å². The number of hydrogen-bond donors (Lipinski definition) is 2. The van der Waals surface area contributed by atoms with E-state index in [2.05, 4.69) is 30.0 Å². The van der Waals surface area contributed by atoms with Gasteiger partial charge in [0.2, 0.25) is 0 Å². The number of hydrogen-bond acceptors (Lipinski definition) is 7. The second kappa shape index (κ2) is 16.8. The number of nitrogens with one attached hydrogen (secondary N) is 1. The van der Waals surface area contributed by atoms with E-state index in [0.717, 1.165) is 5.01 Å². The molecule has 0 aliphatic heterocycles. The van der Waals surface area contributed by atoms with Gasteiger partial charge in [-0.15, -0.1) is 0 Å². The van der Waals surface area contributed by atoms with Crippen LogP contribution in [0.15, 0.2) is 12.5 Å². The van der Waals surface area contributed by atoms with Crippen molar-refractivity contribution in [1.82, 2.24) is 10.3 Å². The fourth-order valence-corrected chi connectivity index (χ4v) is 1.20. The van der Waals surface area contributed by atoms with E-state index in [9.17, 15) is 14.4 Å². The summed E-state index contributed by atoms with van der Waals surface area (Å²) in [4.78, 5) is 31.6. The molecule has 0 aromatic rings. The number of nitrogens with two attached hydrogens (primary N) is 1. The van der Waals surface area contributed by atoms with E-state index in [-0.39, 0.29) is 68.2 Å². The minimum atomic E-state index is -0.591. The molecule has 3 N–H and O–H groups in total. The Morgan fingerprint density at radius 1 is 1.18 bits per heavy atom. The SMILES string of the molecule is C=C(OC)N(N)CC(=O)P[CH2-].[CH2-]PC(=O)CNC(=O)OC.[W+2]. The molecule has 0 spiro atoms. The Kier molecular flexibility index (Phi) is 20.2. The molecule has 0 aliphatic carbocycles. The van der Waals surface area contributed by atoms with Gasteiger partial charge in [-0.05, 0) is 6.58 Å². The summed E-state index contributed by atoms with van der Waals surface area (Å²) in [6.45, 7) is 10.4. The van der Waals surface area contributed by atoms with Gasteiger partial charge in [0.1, 0.15) is 11.0 Å². The molecule has 0 saturated heterocycles. The average molecular weight is 521 g/mol. The van der Waals surface area contributed by atoms with Crippen LogP contribution in [0.3, 0.4) is 0 Å². The third-order valence-corrected chi connectivity index (χ3v) is 2.97. The zero-order chi connectivity index (χ0) is 16.8. The Balaban J connectivity index is -0.000000315. The molecule has 8 nitrogen and oxygen atoms in total. The van der Waals surface area contributed by atoms with Crippen molar-refractivity contribution in [3.05, 3.63) is 25.8 Å². The summed E-state index contributed by atoms with van der Waals surface area (Å²) >= 11 is 0. The number of methoxy groups -OCH3 is 2. The summed E-state index contributed by atoms with van der Waals surface area (Å²) in [5.74, 6) is 5.64. The maximum absolute atomic E-state index is 10.8. The molecule has 0 radical (unpaired) electrons. The minimum absolute atomic E-state index is 0. The molecule has 11 heteroatoms. The van der Waals surface area contributed by atoms with Crippen molar-refractivity contribution in [1.29, 1.82) is 0 Å². The Labute approximate surface area is 148 Å². The van der Waals surface area contributed by atoms with Gasteiger partial charge in [0.25, 0.3) is 0 Å². The van der Waals surface area contributed by atoms with Crippen molar-refractivity contribution in [3.63, 3.8) is 0 Å². The monoisotopic (exact) mass is 521 g/mol. The standard InChI is InChI=1S/C6H12N2O2P.C5H9NO3P.W/c1-5(10-2)8(7)4-6(9)11-3;1-9-5(8)6-3-4(7)10-2;/h11H,1,3-4,7H2,2H3;10H,2-3H2,1H3,(H,6,8);/q2*-1;+2. The van der Waals surface area contributed by atoms with E-state index in [4.69, 9.17) is 10.6 Å². The predicted octanol–water partition coefficient (Wildman–Crippen LogP) is 0.613. The molecule has 0 rings (SSSR count). The third-order valence-electron chi connectivity index (χ3n) is 1.84. The molecular formula is C11H21N3O5P2W. The zero-order valence-corrected chi connectivity index (χ0v) is 17.4. The molecule has 0 aliphatic rings. The van der Waals surface area contributed by atoms with Crippen molar-refractivity contribution in [2.24, 2.45) is 5.84 Å². The van der Waals surface area contributed by atoms with Gasteiger partial charge in [-0.2, -0.15) is 0 Å². The van der Waals surface area contributed by atoms with Crippen molar-refractivity contribution in [2.45, 2.75) is 0 Å². The van der Waals surface area contributed by atoms with Gasteiger partial charge in [0.15, 0.2) is 5.88 Å². The van der Waals surface area contributed by atoms with Gasteiger partial charge >= 0.3 is 27.2 Å². The Bertz CT molecular complexity index is 356. The quantitative estimate of drug-likeness (QED) is 0.159. The fraction of sp³-hybridized carbons (Fsp3) is 0.364. The van der Waals surface area contributed by atoms with Gasteiger partial charge in [0.05, 0.1) is 27.3 Å². The first kappa shape index (κ1) is 26.4. The van der Waals surface area contributed by atoms with Crippen LogP contribution in [-0.2, 0) is 40.1 Å². The van der Waals surface area contributed by atoms with Crippen molar-refractivity contribution < 1.29 is 44.9 Å². The van der Waals surface area contributed by atoms with Crippen LogP contribution < -0.4 is 11.2 Å². The van der Waals surface area contributed by atoms with Gasteiger partial charge in [-0.1, -0.05) is 0 Å². The molecule has 0 bridgehead atoms. The Morgan fingerprint density at radius 2 is 1.68 bits per heavy atom. The number of carbonyl (C=O) groups is 3. The normalized spacial score (nSPS) is 9.50. The number of rotatable bonds is 8. The third kappa shape index (κ3) is 15.8. The van der Waals surface area contributed by atoms with E-state index in [1.807, 2.05) is 0 Å². The van der Waals surface area contributed by atoms with Crippen LogP contribution in [-0.4, -0.2) is 49.5 Å². The van der Waals surface area contributed by atoms with Crippen LogP contribution in [0.4, 0.5) is 4.79 Å². The molecule has 0 heterocycles. The maximum Gasteiger partial charge on any atom is 2.00 e. The number of carbonyl (C=O) groups excluding carboxylic acids is 3. The molecule has 2 atom stereocenters. The molecule has 126 valence electrons. The molecule has 0 aromatic carbocycles. The smallest absolute Gasteiger partial charge is 0.482 e. The van der Waals surface area contributed by atoms with Gasteiger partial charge in [0, 0.05) is 0 Å². The van der Waals surface area contributed by atoms with E-state index in [0.29, 0.717) is 0 Å². The zero-order valence-electron chi connectivity index (χ0n) is 12.5. The summed E-state index contributed by atoms with van der Waals surface area (Å²) in [5, 5.41) is 3.39. The molecule has 1 amide bonds. The number of hydrazine groups is 1. The summed E-state index contributed by atoms with van der Waals surface area (Å²) in [5.41, 5.74) is -0.115. The summed E-state index contributed by atoms with van der Waals surface area (Å²) in [7, 11) is 2.67.